The average molecular weight is 163 g/mol. The largest absolute Gasteiger partial charge is 0.111 e. The second kappa shape index (κ2) is 2.98. The van der Waals surface area contributed by atoms with Crippen LogP contribution in [0.3, 0.4) is 0 Å². The molecule has 0 radical (unpaired) electrons. The molecule has 52 valence electrons. The summed E-state index contributed by atoms with van der Waals surface area (Å²) in [5, 5.41) is 0. The molecular weight excluding hydrogens is 152 g/mol. The van der Waals surface area contributed by atoms with Gasteiger partial charge in [0.05, 0.1) is 4.71 Å². The van der Waals surface area contributed by atoms with Crippen LogP contribution < -0.4 is 0 Å². The highest BCUT2D eigenvalue weighted by atomic mass is 35.5. The number of alkyl halides is 1. The molecule has 1 atom stereocenters. The minimum Gasteiger partial charge on any atom is -0.111 e. The van der Waals surface area contributed by atoms with Gasteiger partial charge in [-0.2, -0.15) is 0 Å². The van der Waals surface area contributed by atoms with Crippen LogP contribution in [-0.2, 0) is 0 Å². The molecule has 1 aliphatic heterocycles. The van der Waals surface area contributed by atoms with Crippen LogP contribution in [0.15, 0.2) is 11.0 Å². The van der Waals surface area contributed by atoms with Crippen LogP contribution in [0.1, 0.15) is 20.3 Å². The first kappa shape index (κ1) is 7.49. The Hall–Kier alpha value is 0.380. The van der Waals surface area contributed by atoms with Crippen molar-refractivity contribution < 1.29 is 0 Å². The molecule has 0 aromatic heterocycles. The van der Waals surface area contributed by atoms with Gasteiger partial charge in [-0.1, -0.05) is 19.9 Å². The Labute approximate surface area is 65.7 Å². The van der Waals surface area contributed by atoms with Crippen molar-refractivity contribution in [3.63, 3.8) is 0 Å². The number of hydrogen-bond donors (Lipinski definition) is 0. The third-order valence-electron chi connectivity index (χ3n) is 1.34. The second-order valence-corrected chi connectivity index (χ2v) is 4.59. The van der Waals surface area contributed by atoms with Crippen LogP contribution >= 0.6 is 23.4 Å². The maximum Gasteiger partial charge on any atom is 0.0867 e. The first-order chi connectivity index (χ1) is 4.20. The van der Waals surface area contributed by atoms with Gasteiger partial charge < -0.3 is 0 Å². The van der Waals surface area contributed by atoms with E-state index in [0.717, 1.165) is 6.42 Å². The molecular formula is C7H11ClS. The smallest absolute Gasteiger partial charge is 0.0867 e. The summed E-state index contributed by atoms with van der Waals surface area (Å²) < 4.78 is 0.308. The standard InChI is InChI=1S/C7H11ClS/c1-5(2)6-3-4-7(8)9-6/h3,5,7H,4H2,1-2H3. The molecule has 9 heavy (non-hydrogen) atoms. The molecule has 1 unspecified atom stereocenters. The summed E-state index contributed by atoms with van der Waals surface area (Å²) in [6, 6.07) is 0. The van der Waals surface area contributed by atoms with E-state index in [4.69, 9.17) is 11.6 Å². The highest BCUT2D eigenvalue weighted by Gasteiger charge is 2.16. The fourth-order valence-electron chi connectivity index (χ4n) is 0.824. The summed E-state index contributed by atoms with van der Waals surface area (Å²) in [4.78, 5) is 1.45. The van der Waals surface area contributed by atoms with E-state index in [1.807, 2.05) is 0 Å². The van der Waals surface area contributed by atoms with Crippen molar-refractivity contribution in [1.82, 2.24) is 0 Å². The molecule has 0 bridgehead atoms. The van der Waals surface area contributed by atoms with Gasteiger partial charge in [0.2, 0.25) is 0 Å². The zero-order valence-electron chi connectivity index (χ0n) is 5.73. The lowest BCUT2D eigenvalue weighted by atomic mass is 10.2. The van der Waals surface area contributed by atoms with Gasteiger partial charge in [-0.3, -0.25) is 0 Å². The lowest BCUT2D eigenvalue weighted by molar-refractivity contribution is 0.816. The summed E-state index contributed by atoms with van der Waals surface area (Å²) in [5.74, 6) is 0.666. The molecule has 0 aromatic rings. The number of allylic oxidation sites excluding steroid dienone is 2. The average Bonchev–Trinajstić information content (AvgIpc) is 2.14. The van der Waals surface area contributed by atoms with Gasteiger partial charge in [-0.25, -0.2) is 0 Å². The number of thioether (sulfide) groups is 1. The fourth-order valence-corrected chi connectivity index (χ4v) is 2.17. The van der Waals surface area contributed by atoms with E-state index in [1.54, 1.807) is 11.8 Å². The van der Waals surface area contributed by atoms with Crippen molar-refractivity contribution >= 4 is 23.4 Å². The molecule has 0 amide bonds. The van der Waals surface area contributed by atoms with E-state index in [1.165, 1.54) is 4.91 Å². The number of rotatable bonds is 1. The van der Waals surface area contributed by atoms with E-state index in [0.29, 0.717) is 10.6 Å². The molecule has 0 saturated heterocycles. The van der Waals surface area contributed by atoms with Crippen LogP contribution in [0.5, 0.6) is 0 Å². The van der Waals surface area contributed by atoms with Crippen molar-refractivity contribution in [3.8, 4) is 0 Å². The first-order valence-electron chi connectivity index (χ1n) is 3.21. The maximum atomic E-state index is 5.86. The van der Waals surface area contributed by atoms with Crippen LogP contribution in [0.4, 0.5) is 0 Å². The fraction of sp³-hybridized carbons (Fsp3) is 0.714. The van der Waals surface area contributed by atoms with Crippen molar-refractivity contribution in [2.24, 2.45) is 5.92 Å². The van der Waals surface area contributed by atoms with Gasteiger partial charge >= 0.3 is 0 Å². The minimum absolute atomic E-state index is 0.308. The number of halogens is 1. The van der Waals surface area contributed by atoms with Crippen molar-refractivity contribution in [2.45, 2.75) is 25.0 Å². The Morgan fingerprint density at radius 2 is 2.44 bits per heavy atom. The van der Waals surface area contributed by atoms with Gasteiger partial charge in [-0.15, -0.1) is 23.4 Å². The van der Waals surface area contributed by atoms with Crippen LogP contribution in [0.25, 0.3) is 0 Å². The Kier molecular flexibility index (Phi) is 2.48. The SMILES string of the molecule is CC(C)C1=CCC(Cl)S1. The highest BCUT2D eigenvalue weighted by molar-refractivity contribution is 8.05. The molecule has 1 aliphatic rings. The molecule has 0 fully saturated rings. The highest BCUT2D eigenvalue weighted by Crippen LogP contribution is 2.38. The van der Waals surface area contributed by atoms with E-state index >= 15 is 0 Å². The lowest BCUT2D eigenvalue weighted by Crippen LogP contribution is -1.86. The summed E-state index contributed by atoms with van der Waals surface area (Å²) in [7, 11) is 0. The molecule has 0 nitrogen and oxygen atoms in total. The second-order valence-electron chi connectivity index (χ2n) is 2.52. The predicted octanol–water partition coefficient (Wildman–Crippen LogP) is 3.23. The van der Waals surface area contributed by atoms with Crippen LogP contribution in [-0.4, -0.2) is 4.71 Å². The molecule has 1 heterocycles. The van der Waals surface area contributed by atoms with Gasteiger partial charge in [0.25, 0.3) is 0 Å². The minimum atomic E-state index is 0.308. The van der Waals surface area contributed by atoms with Crippen molar-refractivity contribution in [2.75, 3.05) is 0 Å². The topological polar surface area (TPSA) is 0 Å². The van der Waals surface area contributed by atoms with E-state index in [2.05, 4.69) is 19.9 Å². The summed E-state index contributed by atoms with van der Waals surface area (Å²) >= 11 is 7.66. The van der Waals surface area contributed by atoms with Crippen LogP contribution in [0.2, 0.25) is 0 Å². The van der Waals surface area contributed by atoms with E-state index in [-0.39, 0.29) is 0 Å². The first-order valence-corrected chi connectivity index (χ1v) is 4.52. The summed E-state index contributed by atoms with van der Waals surface area (Å²) in [6.45, 7) is 4.40. The van der Waals surface area contributed by atoms with Gasteiger partial charge in [-0.05, 0) is 17.2 Å². The Bertz CT molecular complexity index is 129. The normalized spacial score (nSPS) is 27.1. The van der Waals surface area contributed by atoms with Gasteiger partial charge in [0.1, 0.15) is 0 Å². The van der Waals surface area contributed by atoms with Gasteiger partial charge in [0, 0.05) is 0 Å². The zero-order chi connectivity index (χ0) is 6.85. The number of hydrogen-bond acceptors (Lipinski definition) is 1. The molecule has 0 aliphatic carbocycles. The molecule has 0 N–H and O–H groups in total. The van der Waals surface area contributed by atoms with Crippen molar-refractivity contribution in [3.05, 3.63) is 11.0 Å². The maximum absolute atomic E-state index is 5.86. The Morgan fingerprint density at radius 1 is 1.78 bits per heavy atom. The Morgan fingerprint density at radius 3 is 2.67 bits per heavy atom. The quantitative estimate of drug-likeness (QED) is 0.534. The molecule has 2 heteroatoms. The monoisotopic (exact) mass is 162 g/mol. The third kappa shape index (κ3) is 1.91. The van der Waals surface area contributed by atoms with Crippen molar-refractivity contribution in [1.29, 1.82) is 0 Å². The predicted molar refractivity (Wildman–Crippen MR) is 44.8 cm³/mol. The van der Waals surface area contributed by atoms with E-state index in [9.17, 15) is 0 Å². The summed E-state index contributed by atoms with van der Waals surface area (Å²) in [5.41, 5.74) is 0. The van der Waals surface area contributed by atoms with Crippen LogP contribution in [0, 0.1) is 5.92 Å². The van der Waals surface area contributed by atoms with E-state index < -0.39 is 0 Å². The summed E-state index contributed by atoms with van der Waals surface area (Å²) in [6.07, 6.45) is 3.28. The molecule has 0 aromatic carbocycles. The molecule has 1 rings (SSSR count). The third-order valence-corrected chi connectivity index (χ3v) is 3.14. The molecule has 0 spiro atoms. The molecule has 0 saturated carbocycles. The van der Waals surface area contributed by atoms with Gasteiger partial charge in [0.15, 0.2) is 0 Å². The lowest BCUT2D eigenvalue weighted by Gasteiger charge is -2.04. The Balaban J connectivity index is 2.45. The zero-order valence-corrected chi connectivity index (χ0v) is 7.30.